The number of alkyl halides is 3. The van der Waals surface area contributed by atoms with E-state index >= 15 is 0 Å². The number of nitrogens with one attached hydrogen (secondary N) is 1. The highest BCUT2D eigenvalue weighted by molar-refractivity contribution is 8.00. The van der Waals surface area contributed by atoms with Crippen molar-refractivity contribution in [1.82, 2.24) is 9.80 Å². The Bertz CT molecular complexity index is 712. The normalized spacial score (nSPS) is 16.4. The van der Waals surface area contributed by atoms with Crippen LogP contribution in [-0.4, -0.2) is 53.2 Å². The Morgan fingerprint density at radius 1 is 1.04 bits per heavy atom. The zero-order valence-electron chi connectivity index (χ0n) is 13.0. The second kappa shape index (κ2) is 6.75. The van der Waals surface area contributed by atoms with Gasteiger partial charge in [0.15, 0.2) is 5.92 Å². The molecule has 0 spiro atoms. The van der Waals surface area contributed by atoms with Gasteiger partial charge in [0.2, 0.25) is 5.91 Å². The van der Waals surface area contributed by atoms with E-state index in [-0.39, 0.29) is 22.3 Å². The molecule has 0 aromatic heterocycles. The molecular weight excluding hydrogens is 363 g/mol. The van der Waals surface area contributed by atoms with Crippen LogP contribution in [0.2, 0.25) is 0 Å². The standard InChI is InChI=1S/C14H12F3N3O4S/c1-19-11(22)9(12(23)20(2)13(19)24)10(21)18-7-3-5-8(6-4-7)25-14(15,16)17/h3-6,9H,1-2H3,(H,18,21). The maximum Gasteiger partial charge on any atom is 0.446 e. The Balaban J connectivity index is 2.12. The number of amides is 5. The van der Waals surface area contributed by atoms with Crippen molar-refractivity contribution >= 4 is 41.2 Å². The third kappa shape index (κ3) is 4.10. The van der Waals surface area contributed by atoms with Gasteiger partial charge in [-0.3, -0.25) is 24.2 Å². The number of thioether (sulfide) groups is 1. The third-order valence-corrected chi connectivity index (χ3v) is 4.09. The van der Waals surface area contributed by atoms with Crippen molar-refractivity contribution in [3.05, 3.63) is 24.3 Å². The van der Waals surface area contributed by atoms with E-state index in [4.69, 9.17) is 0 Å². The number of hydrogen-bond acceptors (Lipinski definition) is 5. The number of benzene rings is 1. The molecule has 11 heteroatoms. The molecule has 0 unspecified atom stereocenters. The monoisotopic (exact) mass is 375 g/mol. The molecule has 134 valence electrons. The highest BCUT2D eigenvalue weighted by Crippen LogP contribution is 2.37. The Kier molecular flexibility index (Phi) is 5.07. The summed E-state index contributed by atoms with van der Waals surface area (Å²) >= 11 is -0.314. The SMILES string of the molecule is CN1C(=O)C(C(=O)Nc2ccc(SC(F)(F)F)cc2)C(=O)N(C)C1=O. The maximum absolute atomic E-state index is 12.3. The van der Waals surface area contributed by atoms with Crippen LogP contribution in [0.3, 0.4) is 0 Å². The first kappa shape index (κ1) is 18.8. The highest BCUT2D eigenvalue weighted by atomic mass is 32.2. The Labute approximate surface area is 144 Å². The molecule has 1 heterocycles. The fourth-order valence-corrected chi connectivity index (χ4v) is 2.62. The second-order valence-electron chi connectivity index (χ2n) is 5.07. The summed E-state index contributed by atoms with van der Waals surface area (Å²) in [7, 11) is 2.27. The number of imide groups is 2. The van der Waals surface area contributed by atoms with Crippen molar-refractivity contribution in [2.45, 2.75) is 10.4 Å². The summed E-state index contributed by atoms with van der Waals surface area (Å²) in [5.41, 5.74) is -4.33. The fourth-order valence-electron chi connectivity index (χ4n) is 2.09. The second-order valence-corrected chi connectivity index (χ2v) is 6.21. The molecule has 1 aliphatic rings. The highest BCUT2D eigenvalue weighted by Gasteiger charge is 2.46. The predicted octanol–water partition coefficient (Wildman–Crippen LogP) is 1.90. The molecule has 25 heavy (non-hydrogen) atoms. The van der Waals surface area contributed by atoms with Crippen molar-refractivity contribution in [3.63, 3.8) is 0 Å². The fraction of sp³-hybridized carbons (Fsp3) is 0.286. The van der Waals surface area contributed by atoms with Gasteiger partial charge in [-0.2, -0.15) is 13.2 Å². The van der Waals surface area contributed by atoms with Crippen molar-refractivity contribution in [2.75, 3.05) is 19.4 Å². The molecule has 1 saturated heterocycles. The van der Waals surface area contributed by atoms with E-state index in [1.807, 2.05) is 0 Å². The molecule has 1 N–H and O–H groups in total. The van der Waals surface area contributed by atoms with Crippen LogP contribution in [0, 0.1) is 5.92 Å². The molecule has 0 bridgehead atoms. The van der Waals surface area contributed by atoms with Gasteiger partial charge in [-0.05, 0) is 36.0 Å². The quantitative estimate of drug-likeness (QED) is 0.644. The number of anilines is 1. The zero-order chi connectivity index (χ0) is 18.9. The van der Waals surface area contributed by atoms with E-state index in [0.29, 0.717) is 9.80 Å². The molecule has 0 atom stereocenters. The van der Waals surface area contributed by atoms with Crippen molar-refractivity contribution < 1.29 is 32.3 Å². The molecular formula is C14H12F3N3O4S. The van der Waals surface area contributed by atoms with Gasteiger partial charge >= 0.3 is 11.5 Å². The minimum Gasteiger partial charge on any atom is -0.325 e. The average Bonchev–Trinajstić information content (AvgIpc) is 2.52. The predicted molar refractivity (Wildman–Crippen MR) is 81.4 cm³/mol. The zero-order valence-corrected chi connectivity index (χ0v) is 13.8. The third-order valence-electron chi connectivity index (χ3n) is 3.35. The van der Waals surface area contributed by atoms with E-state index in [1.54, 1.807) is 0 Å². The van der Waals surface area contributed by atoms with Crippen LogP contribution in [0.4, 0.5) is 23.7 Å². The minimum absolute atomic E-state index is 0.0830. The van der Waals surface area contributed by atoms with Gasteiger partial charge in [-0.25, -0.2) is 4.79 Å². The number of carbonyl (C=O) groups is 4. The summed E-state index contributed by atoms with van der Waals surface area (Å²) in [5, 5.41) is 2.28. The maximum atomic E-state index is 12.3. The average molecular weight is 375 g/mol. The lowest BCUT2D eigenvalue weighted by molar-refractivity contribution is -0.151. The lowest BCUT2D eigenvalue weighted by atomic mass is 10.0. The number of halogens is 3. The number of carbonyl (C=O) groups excluding carboxylic acids is 4. The number of barbiturate groups is 1. The topological polar surface area (TPSA) is 86.8 Å². The molecule has 7 nitrogen and oxygen atoms in total. The van der Waals surface area contributed by atoms with Gasteiger partial charge in [0.1, 0.15) is 0 Å². The van der Waals surface area contributed by atoms with Gasteiger partial charge < -0.3 is 5.32 Å². The van der Waals surface area contributed by atoms with Gasteiger partial charge in [0.05, 0.1) is 0 Å². The van der Waals surface area contributed by atoms with Crippen LogP contribution >= 0.6 is 11.8 Å². The summed E-state index contributed by atoms with van der Waals surface area (Å²) in [5.74, 6) is -4.67. The van der Waals surface area contributed by atoms with E-state index in [2.05, 4.69) is 5.32 Å². The van der Waals surface area contributed by atoms with E-state index in [1.165, 1.54) is 12.1 Å². The van der Waals surface area contributed by atoms with Crippen molar-refractivity contribution in [3.8, 4) is 0 Å². The van der Waals surface area contributed by atoms with Crippen molar-refractivity contribution in [2.24, 2.45) is 5.92 Å². The van der Waals surface area contributed by atoms with Gasteiger partial charge in [-0.1, -0.05) is 0 Å². The molecule has 0 saturated carbocycles. The minimum atomic E-state index is -4.44. The first-order valence-electron chi connectivity index (χ1n) is 6.77. The Morgan fingerprint density at radius 2 is 1.52 bits per heavy atom. The van der Waals surface area contributed by atoms with E-state index < -0.39 is 35.2 Å². The van der Waals surface area contributed by atoms with Crippen LogP contribution < -0.4 is 5.32 Å². The van der Waals surface area contributed by atoms with Gasteiger partial charge in [-0.15, -0.1) is 0 Å². The van der Waals surface area contributed by atoms with E-state index in [0.717, 1.165) is 26.2 Å². The first-order valence-corrected chi connectivity index (χ1v) is 7.58. The molecule has 1 aromatic rings. The molecule has 0 radical (unpaired) electrons. The number of nitrogens with zero attached hydrogens (tertiary/aromatic N) is 2. The number of urea groups is 1. The molecule has 5 amide bonds. The summed E-state index contributed by atoms with van der Waals surface area (Å²) in [6.45, 7) is 0. The lowest BCUT2D eigenvalue weighted by Crippen LogP contribution is -2.59. The smallest absolute Gasteiger partial charge is 0.325 e. The van der Waals surface area contributed by atoms with Crippen LogP contribution in [0.1, 0.15) is 0 Å². The van der Waals surface area contributed by atoms with Crippen LogP contribution in [0.15, 0.2) is 29.2 Å². The number of hydrogen-bond donors (Lipinski definition) is 1. The molecule has 1 fully saturated rings. The molecule has 0 aliphatic carbocycles. The number of rotatable bonds is 3. The Morgan fingerprint density at radius 3 is 1.96 bits per heavy atom. The summed E-state index contributed by atoms with van der Waals surface area (Å²) in [6.07, 6.45) is 0. The summed E-state index contributed by atoms with van der Waals surface area (Å²) < 4.78 is 36.8. The van der Waals surface area contributed by atoms with Crippen LogP contribution in [0.25, 0.3) is 0 Å². The summed E-state index contributed by atoms with van der Waals surface area (Å²) in [4.78, 5) is 49.0. The van der Waals surface area contributed by atoms with E-state index in [9.17, 15) is 32.3 Å². The van der Waals surface area contributed by atoms with Gasteiger partial charge in [0, 0.05) is 24.7 Å². The largest absolute Gasteiger partial charge is 0.446 e. The van der Waals surface area contributed by atoms with Crippen LogP contribution in [0.5, 0.6) is 0 Å². The molecule has 2 rings (SSSR count). The summed E-state index contributed by atoms with van der Waals surface area (Å²) in [6, 6.07) is 3.85. The van der Waals surface area contributed by atoms with Crippen LogP contribution in [-0.2, 0) is 14.4 Å². The van der Waals surface area contributed by atoms with Gasteiger partial charge in [0.25, 0.3) is 11.8 Å². The Hall–Kier alpha value is -2.56. The van der Waals surface area contributed by atoms with Crippen molar-refractivity contribution in [1.29, 1.82) is 0 Å². The first-order chi connectivity index (χ1) is 11.5. The molecule has 1 aliphatic heterocycles. The lowest BCUT2D eigenvalue weighted by Gasteiger charge is -2.32. The molecule has 1 aromatic carbocycles.